The predicted molar refractivity (Wildman–Crippen MR) is 84.9 cm³/mol. The molecule has 23 heavy (non-hydrogen) atoms. The molecule has 2 aromatic carbocycles. The molecule has 3 amide bonds. The molecule has 1 aliphatic rings. The Bertz CT molecular complexity index is 802. The Kier molecular flexibility index (Phi) is 4.12. The second-order valence-corrected chi connectivity index (χ2v) is 5.46. The number of hydrogen-bond donors (Lipinski definition) is 1. The summed E-state index contributed by atoms with van der Waals surface area (Å²) >= 11 is 5.81. The minimum absolute atomic E-state index is 0.0501. The fourth-order valence-corrected chi connectivity index (χ4v) is 2.36. The van der Waals surface area contributed by atoms with Crippen LogP contribution in [0, 0.1) is 5.82 Å². The number of rotatable bonds is 3. The lowest BCUT2D eigenvalue weighted by Gasteiger charge is -2.11. The molecule has 1 heterocycles. The molecule has 0 bridgehead atoms. The second kappa shape index (κ2) is 6.22. The summed E-state index contributed by atoms with van der Waals surface area (Å²) in [4.78, 5) is 25.4. The van der Waals surface area contributed by atoms with Gasteiger partial charge in [-0.2, -0.15) is 0 Å². The van der Waals surface area contributed by atoms with Crippen molar-refractivity contribution in [3.8, 4) is 0 Å². The molecule has 0 saturated carbocycles. The number of nitrogens with zero attached hydrogens (tertiary/aromatic N) is 1. The van der Waals surface area contributed by atoms with E-state index < -0.39 is 17.8 Å². The molecule has 1 N–H and O–H groups in total. The average Bonchev–Trinajstić information content (AvgIpc) is 2.79. The second-order valence-electron chi connectivity index (χ2n) is 5.03. The normalized spacial score (nSPS) is 16.1. The highest BCUT2D eigenvalue weighted by atomic mass is 35.5. The lowest BCUT2D eigenvalue weighted by Crippen LogP contribution is -2.30. The molecule has 0 aromatic heterocycles. The molecule has 0 aliphatic carbocycles. The largest absolute Gasteiger partial charge is 0.329 e. The van der Waals surface area contributed by atoms with Gasteiger partial charge in [-0.15, -0.1) is 0 Å². The molecule has 0 atom stereocenters. The fourth-order valence-electron chi connectivity index (χ4n) is 2.24. The third-order valence-electron chi connectivity index (χ3n) is 3.42. The van der Waals surface area contributed by atoms with Gasteiger partial charge in [0, 0.05) is 10.6 Å². The maximum atomic E-state index is 13.7. The van der Waals surface area contributed by atoms with Crippen LogP contribution in [-0.2, 0) is 11.3 Å². The molecule has 0 radical (unpaired) electrons. The highest BCUT2D eigenvalue weighted by Crippen LogP contribution is 2.19. The number of imide groups is 1. The summed E-state index contributed by atoms with van der Waals surface area (Å²) < 4.78 is 13.7. The Balaban J connectivity index is 1.82. The van der Waals surface area contributed by atoms with E-state index in [9.17, 15) is 14.0 Å². The number of nitrogens with one attached hydrogen (secondary N) is 1. The monoisotopic (exact) mass is 330 g/mol. The van der Waals surface area contributed by atoms with Crippen molar-refractivity contribution in [2.24, 2.45) is 0 Å². The van der Waals surface area contributed by atoms with Crippen molar-refractivity contribution in [1.82, 2.24) is 10.2 Å². The van der Waals surface area contributed by atoms with E-state index in [0.717, 1.165) is 10.5 Å². The van der Waals surface area contributed by atoms with Gasteiger partial charge in [-0.25, -0.2) is 9.18 Å². The van der Waals surface area contributed by atoms with Crippen molar-refractivity contribution in [3.05, 3.63) is 76.2 Å². The molecule has 1 fully saturated rings. The Hall–Kier alpha value is -2.66. The number of benzene rings is 2. The molecule has 1 aliphatic heterocycles. The highest BCUT2D eigenvalue weighted by molar-refractivity contribution is 6.30. The minimum atomic E-state index is -0.535. The Morgan fingerprint density at radius 1 is 1.09 bits per heavy atom. The van der Waals surface area contributed by atoms with Crippen LogP contribution in [0.25, 0.3) is 6.08 Å². The number of halogens is 2. The lowest BCUT2D eigenvalue weighted by molar-refractivity contribution is -0.123. The molecule has 6 heteroatoms. The van der Waals surface area contributed by atoms with Gasteiger partial charge in [0.1, 0.15) is 11.5 Å². The summed E-state index contributed by atoms with van der Waals surface area (Å²) in [6.07, 6.45) is 1.33. The van der Waals surface area contributed by atoms with Crippen LogP contribution in [0.1, 0.15) is 11.1 Å². The van der Waals surface area contributed by atoms with Crippen LogP contribution in [-0.4, -0.2) is 16.8 Å². The topological polar surface area (TPSA) is 49.4 Å². The smallest absolute Gasteiger partial charge is 0.303 e. The van der Waals surface area contributed by atoms with Crippen LogP contribution in [0.5, 0.6) is 0 Å². The first-order chi connectivity index (χ1) is 11.0. The zero-order valence-electron chi connectivity index (χ0n) is 11.9. The third-order valence-corrected chi connectivity index (χ3v) is 3.67. The summed E-state index contributed by atoms with van der Waals surface area (Å²) in [5, 5.41) is 3.04. The zero-order valence-corrected chi connectivity index (χ0v) is 12.7. The van der Waals surface area contributed by atoms with Gasteiger partial charge in [0.25, 0.3) is 5.91 Å². The van der Waals surface area contributed by atoms with Gasteiger partial charge < -0.3 is 5.32 Å². The van der Waals surface area contributed by atoms with Gasteiger partial charge in [-0.3, -0.25) is 9.69 Å². The van der Waals surface area contributed by atoms with E-state index in [-0.39, 0.29) is 17.8 Å². The van der Waals surface area contributed by atoms with E-state index in [1.807, 2.05) is 0 Å². The molecular formula is C17H12ClFN2O2. The molecule has 2 aromatic rings. The van der Waals surface area contributed by atoms with Gasteiger partial charge in [0.15, 0.2) is 0 Å². The van der Waals surface area contributed by atoms with Crippen LogP contribution < -0.4 is 5.32 Å². The van der Waals surface area contributed by atoms with E-state index in [4.69, 9.17) is 11.6 Å². The maximum Gasteiger partial charge on any atom is 0.329 e. The number of amides is 3. The first-order valence-electron chi connectivity index (χ1n) is 6.88. The highest BCUT2D eigenvalue weighted by Gasteiger charge is 2.33. The van der Waals surface area contributed by atoms with Gasteiger partial charge in [0.2, 0.25) is 0 Å². The van der Waals surface area contributed by atoms with Crippen LogP contribution in [0.15, 0.2) is 54.2 Å². The third kappa shape index (κ3) is 3.24. The standard InChI is InChI=1S/C17H12ClFN2O2/c18-13-7-5-11(6-8-13)10-21-16(22)15(20-17(21)23)9-12-3-1-2-4-14(12)19/h1-9H,10H2,(H,20,23)/b15-9-. The van der Waals surface area contributed by atoms with Crippen LogP contribution in [0.3, 0.4) is 0 Å². The van der Waals surface area contributed by atoms with E-state index >= 15 is 0 Å². The molecule has 0 spiro atoms. The quantitative estimate of drug-likeness (QED) is 0.691. The van der Waals surface area contributed by atoms with Crippen LogP contribution >= 0.6 is 11.6 Å². The van der Waals surface area contributed by atoms with Crippen molar-refractivity contribution in [3.63, 3.8) is 0 Å². The lowest BCUT2D eigenvalue weighted by atomic mass is 10.1. The summed E-state index contributed by atoms with van der Waals surface area (Å²) in [6.45, 7) is 0.121. The maximum absolute atomic E-state index is 13.7. The van der Waals surface area contributed by atoms with Crippen LogP contribution in [0.2, 0.25) is 5.02 Å². The zero-order chi connectivity index (χ0) is 16.4. The van der Waals surface area contributed by atoms with Crippen LogP contribution in [0.4, 0.5) is 9.18 Å². The summed E-state index contributed by atoms with van der Waals surface area (Å²) in [7, 11) is 0. The Morgan fingerprint density at radius 2 is 1.78 bits per heavy atom. The average molecular weight is 331 g/mol. The van der Waals surface area contributed by atoms with Crippen molar-refractivity contribution in [2.75, 3.05) is 0 Å². The summed E-state index contributed by atoms with van der Waals surface area (Å²) in [6, 6.07) is 12.3. The SMILES string of the molecule is O=C1N/C(=C\c2ccccc2F)C(=O)N1Cc1ccc(Cl)cc1. The van der Waals surface area contributed by atoms with Crippen molar-refractivity contribution in [1.29, 1.82) is 0 Å². The van der Waals surface area contributed by atoms with E-state index in [1.54, 1.807) is 36.4 Å². The predicted octanol–water partition coefficient (Wildman–Crippen LogP) is 3.57. The van der Waals surface area contributed by atoms with Crippen molar-refractivity contribution in [2.45, 2.75) is 6.54 Å². The number of hydrogen-bond acceptors (Lipinski definition) is 2. The fraction of sp³-hybridized carbons (Fsp3) is 0.0588. The Labute approximate surface area is 137 Å². The van der Waals surface area contributed by atoms with Gasteiger partial charge in [0.05, 0.1) is 6.54 Å². The first-order valence-corrected chi connectivity index (χ1v) is 7.26. The van der Waals surface area contributed by atoms with Gasteiger partial charge in [-0.05, 0) is 29.8 Å². The molecule has 116 valence electrons. The van der Waals surface area contributed by atoms with E-state index in [0.29, 0.717) is 5.02 Å². The molecule has 4 nitrogen and oxygen atoms in total. The Morgan fingerprint density at radius 3 is 2.48 bits per heavy atom. The van der Waals surface area contributed by atoms with E-state index in [1.165, 1.54) is 18.2 Å². The summed E-state index contributed by atoms with van der Waals surface area (Å²) in [5.41, 5.74) is 1.06. The van der Waals surface area contributed by atoms with Crippen molar-refractivity contribution < 1.29 is 14.0 Å². The van der Waals surface area contributed by atoms with Crippen molar-refractivity contribution >= 4 is 29.6 Å². The molecule has 0 unspecified atom stereocenters. The molecular weight excluding hydrogens is 319 g/mol. The number of urea groups is 1. The number of carbonyl (C=O) groups excluding carboxylic acids is 2. The summed E-state index contributed by atoms with van der Waals surface area (Å²) in [5.74, 6) is -0.952. The first kappa shape index (κ1) is 15.2. The molecule has 3 rings (SSSR count). The van der Waals surface area contributed by atoms with Gasteiger partial charge >= 0.3 is 6.03 Å². The number of carbonyl (C=O) groups is 2. The van der Waals surface area contributed by atoms with E-state index in [2.05, 4.69) is 5.32 Å². The molecule has 1 saturated heterocycles. The minimum Gasteiger partial charge on any atom is -0.303 e. The van der Waals surface area contributed by atoms with Gasteiger partial charge in [-0.1, -0.05) is 41.9 Å².